The number of unbranched alkanes of at least 4 members (excludes halogenated alkanes) is 1. The van der Waals surface area contributed by atoms with Gasteiger partial charge in [-0.1, -0.05) is 58.0 Å². The van der Waals surface area contributed by atoms with E-state index in [1.54, 1.807) is 13.8 Å². The fourth-order valence-electron chi connectivity index (χ4n) is 4.98. The van der Waals surface area contributed by atoms with E-state index in [2.05, 4.69) is 0 Å². The highest BCUT2D eigenvalue weighted by Gasteiger charge is 2.28. The number of methoxy groups -OCH3 is 1. The molecule has 0 bridgehead atoms. The van der Waals surface area contributed by atoms with Crippen molar-refractivity contribution in [2.75, 3.05) is 19.5 Å². The second kappa shape index (κ2) is 15.5. The van der Waals surface area contributed by atoms with Crippen LogP contribution in [0.2, 0.25) is 0 Å². The van der Waals surface area contributed by atoms with E-state index in [0.29, 0.717) is 37.2 Å². The molecular formula is C33H39FN2O7S2. The highest BCUT2D eigenvalue weighted by Crippen LogP contribution is 2.33. The quantitative estimate of drug-likeness (QED) is 0.203. The zero-order valence-corrected chi connectivity index (χ0v) is 27.7. The van der Waals surface area contributed by atoms with Crippen LogP contribution in [0.25, 0.3) is 0 Å². The summed E-state index contributed by atoms with van der Waals surface area (Å²) in [6.07, 6.45) is 0.400. The van der Waals surface area contributed by atoms with Crippen molar-refractivity contribution in [3.63, 3.8) is 0 Å². The third kappa shape index (κ3) is 9.12. The molecule has 0 aromatic heterocycles. The summed E-state index contributed by atoms with van der Waals surface area (Å²) in [5.74, 6) is -2.64. The van der Waals surface area contributed by atoms with Crippen molar-refractivity contribution in [2.45, 2.75) is 75.2 Å². The number of rotatable bonds is 15. The van der Waals surface area contributed by atoms with Gasteiger partial charge in [0.05, 0.1) is 36.3 Å². The van der Waals surface area contributed by atoms with Gasteiger partial charge in [0.2, 0.25) is 5.91 Å². The van der Waals surface area contributed by atoms with Crippen LogP contribution in [0.1, 0.15) is 80.2 Å². The number of amides is 1. The molecule has 9 nitrogen and oxygen atoms in total. The van der Waals surface area contributed by atoms with Gasteiger partial charge in [-0.25, -0.2) is 25.9 Å². The predicted molar refractivity (Wildman–Crippen MR) is 169 cm³/mol. The number of nitrogens with zero attached hydrogens (tertiary/aromatic N) is 1. The Bertz CT molecular complexity index is 1770. The molecule has 0 aliphatic carbocycles. The number of nitrogens with one attached hydrogen (secondary N) is 1. The lowest BCUT2D eigenvalue weighted by Crippen LogP contribution is -2.33. The molecule has 3 aromatic rings. The lowest BCUT2D eigenvalue weighted by molar-refractivity contribution is -0.118. The molecule has 1 N–H and O–H groups in total. The summed E-state index contributed by atoms with van der Waals surface area (Å²) in [5.41, 5.74) is 1.95. The van der Waals surface area contributed by atoms with Gasteiger partial charge in [0.15, 0.2) is 9.84 Å². The van der Waals surface area contributed by atoms with E-state index in [-0.39, 0.29) is 39.4 Å². The minimum atomic E-state index is -4.51. The highest BCUT2D eigenvalue weighted by molar-refractivity contribution is 7.91. The highest BCUT2D eigenvalue weighted by atomic mass is 32.2. The molecule has 242 valence electrons. The fraction of sp³-hybridized carbons (Fsp3) is 0.394. The molecule has 0 atom stereocenters. The standard InChI is InChI=1S/C33H39FN2O7S2/c1-22(2)27-17-25(20-35)33(34)32(23(3)4)28(27)19-31(37)36-45(40,41)30-14-13-26(18-29(30)42-5)44(38,39)16-10-9-15-43-21-24-11-7-6-8-12-24/h6-8,11-14,17-18,22-23H,9-10,15-16,19,21H2,1-5H3,(H,36,37). The van der Waals surface area contributed by atoms with Crippen molar-refractivity contribution < 1.29 is 35.5 Å². The van der Waals surface area contributed by atoms with E-state index in [9.17, 15) is 26.9 Å². The van der Waals surface area contributed by atoms with Gasteiger partial charge in [-0.05, 0) is 65.1 Å². The molecule has 0 spiro atoms. The molecule has 3 rings (SSSR count). The molecule has 0 fully saturated rings. The van der Waals surface area contributed by atoms with Crippen LogP contribution < -0.4 is 9.46 Å². The van der Waals surface area contributed by atoms with Crippen LogP contribution in [0, 0.1) is 17.1 Å². The number of hydrogen-bond donors (Lipinski definition) is 1. The monoisotopic (exact) mass is 658 g/mol. The molecular weight excluding hydrogens is 620 g/mol. The summed E-state index contributed by atoms with van der Waals surface area (Å²) in [4.78, 5) is 12.5. The maximum atomic E-state index is 15.2. The Morgan fingerprint density at radius 1 is 0.978 bits per heavy atom. The molecule has 0 saturated heterocycles. The predicted octanol–water partition coefficient (Wildman–Crippen LogP) is 5.77. The van der Waals surface area contributed by atoms with Crippen molar-refractivity contribution in [1.29, 1.82) is 5.26 Å². The van der Waals surface area contributed by atoms with Crippen LogP contribution in [0.3, 0.4) is 0 Å². The topological polar surface area (TPSA) is 140 Å². The van der Waals surface area contributed by atoms with Gasteiger partial charge in [-0.2, -0.15) is 5.26 Å². The van der Waals surface area contributed by atoms with Crippen molar-refractivity contribution in [1.82, 2.24) is 4.72 Å². The number of hydrogen-bond acceptors (Lipinski definition) is 8. The van der Waals surface area contributed by atoms with Crippen LogP contribution in [-0.2, 0) is 42.4 Å². The van der Waals surface area contributed by atoms with E-state index < -0.39 is 42.9 Å². The number of carbonyl (C=O) groups excluding carboxylic acids is 1. The first-order valence-electron chi connectivity index (χ1n) is 14.5. The van der Waals surface area contributed by atoms with Gasteiger partial charge in [0, 0.05) is 12.7 Å². The normalized spacial score (nSPS) is 11.9. The minimum Gasteiger partial charge on any atom is -0.495 e. The van der Waals surface area contributed by atoms with Crippen LogP contribution in [0.15, 0.2) is 64.4 Å². The maximum Gasteiger partial charge on any atom is 0.267 e. The van der Waals surface area contributed by atoms with E-state index in [0.717, 1.165) is 23.8 Å². The molecule has 12 heteroatoms. The lowest BCUT2D eigenvalue weighted by Gasteiger charge is -2.21. The third-order valence-corrected chi connectivity index (χ3v) is 10.4. The van der Waals surface area contributed by atoms with E-state index >= 15 is 4.39 Å². The molecule has 0 aliphatic heterocycles. The van der Waals surface area contributed by atoms with Gasteiger partial charge in [-0.3, -0.25) is 4.79 Å². The van der Waals surface area contributed by atoms with Crippen LogP contribution in [-0.4, -0.2) is 42.2 Å². The van der Waals surface area contributed by atoms with E-state index in [1.165, 1.54) is 13.2 Å². The van der Waals surface area contributed by atoms with Crippen LogP contribution >= 0.6 is 0 Å². The van der Waals surface area contributed by atoms with Crippen molar-refractivity contribution in [3.05, 3.63) is 88.2 Å². The summed E-state index contributed by atoms with van der Waals surface area (Å²) in [6.45, 7) is 7.93. The molecule has 1 amide bonds. The van der Waals surface area contributed by atoms with Crippen molar-refractivity contribution in [2.24, 2.45) is 0 Å². The van der Waals surface area contributed by atoms with Crippen LogP contribution in [0.5, 0.6) is 5.75 Å². The smallest absolute Gasteiger partial charge is 0.267 e. The Hall–Kier alpha value is -3.79. The van der Waals surface area contributed by atoms with Crippen LogP contribution in [0.4, 0.5) is 4.39 Å². The fourth-order valence-corrected chi connectivity index (χ4v) is 7.50. The summed E-state index contributed by atoms with van der Waals surface area (Å²) in [5, 5.41) is 9.41. The summed E-state index contributed by atoms with van der Waals surface area (Å²) in [7, 11) is -7.08. The minimum absolute atomic E-state index is 0.119. The Balaban J connectivity index is 1.73. The molecule has 0 saturated carbocycles. The second-order valence-electron chi connectivity index (χ2n) is 11.2. The number of benzene rings is 3. The van der Waals surface area contributed by atoms with Crippen molar-refractivity contribution in [3.8, 4) is 11.8 Å². The molecule has 0 unspecified atom stereocenters. The number of nitriles is 1. The Kier molecular flexibility index (Phi) is 12.3. The Morgan fingerprint density at radius 2 is 1.67 bits per heavy atom. The second-order valence-corrected chi connectivity index (χ2v) is 15.0. The Labute approximate surface area is 265 Å². The van der Waals surface area contributed by atoms with E-state index in [1.807, 2.05) is 55.0 Å². The molecule has 0 aliphatic rings. The van der Waals surface area contributed by atoms with Gasteiger partial charge in [0.25, 0.3) is 10.0 Å². The first kappa shape index (κ1) is 35.7. The molecule has 3 aromatic carbocycles. The van der Waals surface area contributed by atoms with Gasteiger partial charge < -0.3 is 9.47 Å². The summed E-state index contributed by atoms with van der Waals surface area (Å²) < 4.78 is 80.5. The largest absolute Gasteiger partial charge is 0.495 e. The molecule has 0 heterocycles. The zero-order valence-electron chi connectivity index (χ0n) is 26.1. The van der Waals surface area contributed by atoms with Gasteiger partial charge in [-0.15, -0.1) is 0 Å². The van der Waals surface area contributed by atoms with E-state index in [4.69, 9.17) is 9.47 Å². The summed E-state index contributed by atoms with van der Waals surface area (Å²) in [6, 6.07) is 16.2. The first-order valence-corrected chi connectivity index (χ1v) is 17.7. The maximum absolute atomic E-state index is 15.2. The number of sulfone groups is 1. The Morgan fingerprint density at radius 3 is 2.27 bits per heavy atom. The number of carbonyl (C=O) groups is 1. The summed E-state index contributed by atoms with van der Waals surface area (Å²) >= 11 is 0. The number of halogens is 1. The third-order valence-electron chi connectivity index (χ3n) is 7.20. The number of sulfonamides is 1. The zero-order chi connectivity index (χ0) is 33.4. The number of ether oxygens (including phenoxy) is 2. The van der Waals surface area contributed by atoms with Gasteiger partial charge in [0.1, 0.15) is 22.5 Å². The lowest BCUT2D eigenvalue weighted by atomic mass is 9.85. The SMILES string of the molecule is COc1cc(S(=O)(=O)CCCCOCc2ccccc2)ccc1S(=O)(=O)NC(=O)Cc1c(C(C)C)cc(C#N)c(F)c1C(C)C. The molecule has 45 heavy (non-hydrogen) atoms. The van der Waals surface area contributed by atoms with Crippen molar-refractivity contribution >= 4 is 25.8 Å². The first-order chi connectivity index (χ1) is 21.2. The molecule has 0 radical (unpaired) electrons. The average molecular weight is 659 g/mol. The van der Waals surface area contributed by atoms with Gasteiger partial charge >= 0.3 is 0 Å². The average Bonchev–Trinajstić information content (AvgIpc) is 2.98.